The van der Waals surface area contributed by atoms with Gasteiger partial charge in [0.05, 0.1) is 42.0 Å². The van der Waals surface area contributed by atoms with Crippen molar-refractivity contribution in [3.63, 3.8) is 0 Å². The topological polar surface area (TPSA) is 123 Å². The number of amides is 1. The molecule has 3 aromatic heterocycles. The molecule has 0 fully saturated rings. The number of primary amides is 1. The number of ether oxygens (including phenoxy) is 1. The molecule has 0 bridgehead atoms. The van der Waals surface area contributed by atoms with Crippen molar-refractivity contribution in [2.24, 2.45) is 5.73 Å². The van der Waals surface area contributed by atoms with Crippen LogP contribution in [0.4, 0.5) is 15.2 Å². The van der Waals surface area contributed by atoms with Gasteiger partial charge in [-0.15, -0.1) is 11.3 Å². The average molecular weight is 494 g/mol. The van der Waals surface area contributed by atoms with Gasteiger partial charge in [0.25, 0.3) is 5.91 Å². The summed E-state index contributed by atoms with van der Waals surface area (Å²) < 4.78 is 20.5. The zero-order valence-electron chi connectivity index (χ0n) is 19.2. The van der Waals surface area contributed by atoms with E-state index in [0.717, 1.165) is 0 Å². The van der Waals surface area contributed by atoms with E-state index in [1.54, 1.807) is 56.7 Å². The number of nitrogens with two attached hydrogens (primary N) is 1. The number of benzene rings is 1. The molecule has 35 heavy (non-hydrogen) atoms. The van der Waals surface area contributed by atoms with Gasteiger partial charge in [-0.25, -0.2) is 9.37 Å². The third-order valence-electron chi connectivity index (χ3n) is 5.10. The highest BCUT2D eigenvalue weighted by Gasteiger charge is 2.21. The van der Waals surface area contributed by atoms with Crippen molar-refractivity contribution in [3.05, 3.63) is 89.4 Å². The summed E-state index contributed by atoms with van der Waals surface area (Å²) in [5.74, 6) is -0.667. The minimum Gasteiger partial charge on any atom is -0.386 e. The van der Waals surface area contributed by atoms with Crippen LogP contribution in [0.3, 0.4) is 0 Å². The molecule has 0 aliphatic rings. The molecule has 3 heterocycles. The van der Waals surface area contributed by atoms with Crippen molar-refractivity contribution >= 4 is 28.1 Å². The molecule has 0 radical (unpaired) electrons. The summed E-state index contributed by atoms with van der Waals surface area (Å²) in [4.78, 5) is 25.3. The van der Waals surface area contributed by atoms with Crippen LogP contribution < -0.4 is 11.1 Å². The van der Waals surface area contributed by atoms with Crippen LogP contribution in [-0.2, 0) is 23.6 Å². The summed E-state index contributed by atoms with van der Waals surface area (Å²) in [6.45, 7) is 3.72. The summed E-state index contributed by atoms with van der Waals surface area (Å²) in [5.41, 5.74) is 6.77. The predicted molar refractivity (Wildman–Crippen MR) is 132 cm³/mol. The Morgan fingerprint density at radius 1 is 1.17 bits per heavy atom. The van der Waals surface area contributed by atoms with Crippen LogP contribution in [0.2, 0.25) is 0 Å². The van der Waals surface area contributed by atoms with Crippen molar-refractivity contribution in [1.29, 1.82) is 0 Å². The van der Waals surface area contributed by atoms with Gasteiger partial charge in [-0.3, -0.25) is 14.8 Å². The largest absolute Gasteiger partial charge is 0.386 e. The van der Waals surface area contributed by atoms with Crippen molar-refractivity contribution in [3.8, 4) is 10.4 Å². The van der Waals surface area contributed by atoms with E-state index in [0.29, 0.717) is 44.8 Å². The van der Waals surface area contributed by atoms with Gasteiger partial charge in [0.1, 0.15) is 16.6 Å². The lowest BCUT2D eigenvalue weighted by Gasteiger charge is -2.18. The third kappa shape index (κ3) is 6.04. The Morgan fingerprint density at radius 2 is 1.97 bits per heavy atom. The van der Waals surface area contributed by atoms with Crippen molar-refractivity contribution in [2.75, 3.05) is 5.32 Å². The van der Waals surface area contributed by atoms with E-state index >= 15 is 0 Å². The number of nitrogens with one attached hydrogen (secondary N) is 1. The molecular formula is C25H24FN5O3S. The molecule has 4 aromatic rings. The molecule has 1 aromatic carbocycles. The van der Waals surface area contributed by atoms with Crippen LogP contribution >= 0.6 is 11.3 Å². The maximum Gasteiger partial charge on any atom is 0.251 e. The fraction of sp³-hybridized carbons (Fsp3) is 0.200. The zero-order chi connectivity index (χ0) is 25.0. The number of hydrogen-bond donors (Lipinski definition) is 3. The number of thiophene rings is 1. The second-order valence-corrected chi connectivity index (χ2v) is 9.35. The number of aliphatic hydroxyl groups is 1. The Bertz CT molecular complexity index is 1340. The van der Waals surface area contributed by atoms with Crippen molar-refractivity contribution < 1.29 is 19.0 Å². The number of pyridine rings is 1. The molecule has 8 nitrogen and oxygen atoms in total. The van der Waals surface area contributed by atoms with Gasteiger partial charge < -0.3 is 20.9 Å². The van der Waals surface area contributed by atoms with Gasteiger partial charge in [0.15, 0.2) is 0 Å². The Balaban J connectivity index is 1.53. The highest BCUT2D eigenvalue weighted by molar-refractivity contribution is 7.19. The average Bonchev–Trinajstić information content (AvgIpc) is 3.23. The molecule has 0 saturated carbocycles. The highest BCUT2D eigenvalue weighted by atomic mass is 32.1. The SMILES string of the molecule is CC(C)(O)c1ccc(-c2cc(C(N)=O)c(Nc3cccc(COCc4cnccn4)n3)s2)c(F)c1. The number of halogens is 1. The fourth-order valence-electron chi connectivity index (χ4n) is 3.31. The molecule has 0 aliphatic carbocycles. The van der Waals surface area contributed by atoms with Crippen molar-refractivity contribution in [2.45, 2.75) is 32.7 Å². The molecule has 0 unspecified atom stereocenters. The number of hydrogen-bond acceptors (Lipinski definition) is 8. The van der Waals surface area contributed by atoms with E-state index in [9.17, 15) is 14.3 Å². The monoisotopic (exact) mass is 493 g/mol. The lowest BCUT2D eigenvalue weighted by molar-refractivity contribution is 0.0782. The summed E-state index contributed by atoms with van der Waals surface area (Å²) in [6, 6.07) is 11.4. The van der Waals surface area contributed by atoms with Crippen LogP contribution in [0, 0.1) is 5.82 Å². The molecule has 0 saturated heterocycles. The first-order chi connectivity index (χ1) is 16.7. The van der Waals surface area contributed by atoms with Gasteiger partial charge in [0.2, 0.25) is 0 Å². The first-order valence-electron chi connectivity index (χ1n) is 10.7. The third-order valence-corrected chi connectivity index (χ3v) is 6.19. The van der Waals surface area contributed by atoms with Crippen molar-refractivity contribution in [1.82, 2.24) is 15.0 Å². The first kappa shape index (κ1) is 24.4. The van der Waals surface area contributed by atoms with Crippen LogP contribution in [0.25, 0.3) is 10.4 Å². The van der Waals surface area contributed by atoms with Crippen LogP contribution in [-0.4, -0.2) is 26.0 Å². The number of anilines is 2. The highest BCUT2D eigenvalue weighted by Crippen LogP contribution is 2.38. The second-order valence-electron chi connectivity index (χ2n) is 8.30. The van der Waals surface area contributed by atoms with Crippen LogP contribution in [0.1, 0.15) is 41.2 Å². The van der Waals surface area contributed by atoms with Gasteiger partial charge in [-0.1, -0.05) is 18.2 Å². The number of aromatic nitrogens is 3. The predicted octanol–water partition coefficient (Wildman–Crippen LogP) is 4.53. The summed E-state index contributed by atoms with van der Waals surface area (Å²) in [7, 11) is 0. The smallest absolute Gasteiger partial charge is 0.251 e. The number of carbonyl (C=O) groups excluding carboxylic acids is 1. The summed E-state index contributed by atoms with van der Waals surface area (Å²) in [6.07, 6.45) is 4.82. The lowest BCUT2D eigenvalue weighted by atomic mass is 9.96. The minimum absolute atomic E-state index is 0.224. The lowest BCUT2D eigenvalue weighted by Crippen LogP contribution is -2.15. The van der Waals surface area contributed by atoms with E-state index in [4.69, 9.17) is 10.5 Å². The Morgan fingerprint density at radius 3 is 2.66 bits per heavy atom. The van der Waals surface area contributed by atoms with Gasteiger partial charge in [-0.05, 0) is 43.7 Å². The number of rotatable bonds is 9. The molecule has 4 rings (SSSR count). The van der Waals surface area contributed by atoms with E-state index in [1.165, 1.54) is 17.4 Å². The molecule has 0 spiro atoms. The number of nitrogens with zero attached hydrogens (tertiary/aromatic N) is 3. The number of carbonyl (C=O) groups is 1. The Hall–Kier alpha value is -3.73. The van der Waals surface area contributed by atoms with Gasteiger partial charge >= 0.3 is 0 Å². The van der Waals surface area contributed by atoms with E-state index in [1.807, 2.05) is 12.1 Å². The fourth-order valence-corrected chi connectivity index (χ4v) is 4.40. The zero-order valence-corrected chi connectivity index (χ0v) is 20.0. The molecule has 4 N–H and O–H groups in total. The van der Waals surface area contributed by atoms with Gasteiger partial charge in [-0.2, -0.15) is 0 Å². The summed E-state index contributed by atoms with van der Waals surface area (Å²) >= 11 is 1.18. The van der Waals surface area contributed by atoms with E-state index in [2.05, 4.69) is 20.3 Å². The molecule has 0 atom stereocenters. The maximum absolute atomic E-state index is 14.9. The first-order valence-corrected chi connectivity index (χ1v) is 11.5. The normalized spacial score (nSPS) is 11.4. The molecule has 0 aliphatic heterocycles. The quantitative estimate of drug-likeness (QED) is 0.313. The van der Waals surface area contributed by atoms with Crippen LogP contribution in [0.5, 0.6) is 0 Å². The Kier molecular flexibility index (Phi) is 7.15. The molecule has 180 valence electrons. The molecular weight excluding hydrogens is 469 g/mol. The molecule has 1 amide bonds. The second kappa shape index (κ2) is 10.3. The van der Waals surface area contributed by atoms with Crippen LogP contribution in [0.15, 0.2) is 61.1 Å². The standard InChI is InChI=1S/C25H24FN5O3S/c1-25(2,33)15-6-7-18(20(26)10-15)21-11-19(23(27)32)24(35-21)31-22-5-3-4-16(30-22)13-34-14-17-12-28-8-9-29-17/h3-12,33H,13-14H2,1-2H3,(H2,27,32)(H,30,31). The van der Waals surface area contributed by atoms with E-state index < -0.39 is 17.3 Å². The Labute approximate surface area is 205 Å². The van der Waals surface area contributed by atoms with E-state index in [-0.39, 0.29) is 12.2 Å². The summed E-state index contributed by atoms with van der Waals surface area (Å²) in [5, 5.41) is 13.7. The maximum atomic E-state index is 14.9. The van der Waals surface area contributed by atoms with Gasteiger partial charge in [0, 0.05) is 22.8 Å². The minimum atomic E-state index is -1.17. The molecule has 10 heteroatoms.